The number of carbonyl (C=O) groups excluding carboxylic acids is 2. The average Bonchev–Trinajstić information content (AvgIpc) is 2.32. The van der Waals surface area contributed by atoms with Crippen LogP contribution in [-0.4, -0.2) is 12.2 Å². The van der Waals surface area contributed by atoms with Gasteiger partial charge in [0.2, 0.25) is 12.2 Å². The maximum absolute atomic E-state index is 10.3. The molecule has 0 amide bonds. The van der Waals surface area contributed by atoms with Crippen molar-refractivity contribution >= 4 is 29.6 Å². The SMILES string of the molecule is C=C(N=C=O)c1cccc(N=C=O)c1/C=C\C. The number of nitrogens with zero attached hydrogens (tertiary/aromatic N) is 2. The van der Waals surface area contributed by atoms with E-state index in [0.29, 0.717) is 16.8 Å². The number of hydrogen-bond acceptors (Lipinski definition) is 4. The topological polar surface area (TPSA) is 58.9 Å². The second-order valence-corrected chi connectivity index (χ2v) is 3.09. The Hall–Kier alpha value is -2.54. The lowest BCUT2D eigenvalue weighted by Gasteiger charge is -2.06. The van der Waals surface area contributed by atoms with Crippen molar-refractivity contribution < 1.29 is 9.59 Å². The standard InChI is InChI=1S/C13H10N2O2/c1-3-5-12-11(10(2)14-8-16)6-4-7-13(12)15-9-17/h3-7H,2H2,1H3/b5-3-. The van der Waals surface area contributed by atoms with Crippen LogP contribution < -0.4 is 0 Å². The zero-order chi connectivity index (χ0) is 12.7. The number of allylic oxidation sites excluding steroid dienone is 1. The molecular formula is C13H10N2O2. The highest BCUT2D eigenvalue weighted by Gasteiger charge is 2.07. The van der Waals surface area contributed by atoms with E-state index in [0.717, 1.165) is 0 Å². The molecule has 0 aromatic heterocycles. The zero-order valence-electron chi connectivity index (χ0n) is 9.30. The van der Waals surface area contributed by atoms with Crippen molar-refractivity contribution in [3.05, 3.63) is 42.0 Å². The molecule has 4 heteroatoms. The zero-order valence-corrected chi connectivity index (χ0v) is 9.30. The van der Waals surface area contributed by atoms with Crippen LogP contribution in [0.5, 0.6) is 0 Å². The van der Waals surface area contributed by atoms with Gasteiger partial charge in [0.15, 0.2) is 0 Å². The van der Waals surface area contributed by atoms with Crippen molar-refractivity contribution in [3.8, 4) is 0 Å². The molecule has 0 radical (unpaired) electrons. The van der Waals surface area contributed by atoms with Gasteiger partial charge in [-0.15, -0.1) is 0 Å². The van der Waals surface area contributed by atoms with Crippen LogP contribution in [0.25, 0.3) is 11.8 Å². The van der Waals surface area contributed by atoms with Gasteiger partial charge in [0, 0.05) is 11.1 Å². The smallest absolute Gasteiger partial charge is 0.211 e. The molecular weight excluding hydrogens is 216 g/mol. The summed E-state index contributed by atoms with van der Waals surface area (Å²) in [5.74, 6) is 0. The van der Waals surface area contributed by atoms with Crippen molar-refractivity contribution in [1.82, 2.24) is 0 Å². The van der Waals surface area contributed by atoms with Gasteiger partial charge in [-0.3, -0.25) is 0 Å². The first-order valence-electron chi connectivity index (χ1n) is 4.85. The molecule has 0 aliphatic heterocycles. The van der Waals surface area contributed by atoms with E-state index >= 15 is 0 Å². The molecule has 4 nitrogen and oxygen atoms in total. The quantitative estimate of drug-likeness (QED) is 0.585. The van der Waals surface area contributed by atoms with Crippen LogP contribution in [0.4, 0.5) is 5.69 Å². The molecule has 84 valence electrons. The largest absolute Gasteiger partial charge is 0.240 e. The number of rotatable bonds is 4. The third kappa shape index (κ3) is 2.95. The Labute approximate surface area is 98.7 Å². The van der Waals surface area contributed by atoms with E-state index in [1.165, 1.54) is 12.2 Å². The van der Waals surface area contributed by atoms with Gasteiger partial charge in [-0.05, 0) is 13.0 Å². The summed E-state index contributed by atoms with van der Waals surface area (Å²) in [7, 11) is 0. The molecule has 0 heterocycles. The van der Waals surface area contributed by atoms with Crippen molar-refractivity contribution in [2.75, 3.05) is 0 Å². The van der Waals surface area contributed by atoms with Crippen molar-refractivity contribution in [2.24, 2.45) is 9.98 Å². The summed E-state index contributed by atoms with van der Waals surface area (Å²) < 4.78 is 0. The Kier molecular flexibility index (Phi) is 4.52. The van der Waals surface area contributed by atoms with Gasteiger partial charge < -0.3 is 0 Å². The fraction of sp³-hybridized carbons (Fsp3) is 0.0769. The van der Waals surface area contributed by atoms with Crippen LogP contribution in [0.1, 0.15) is 18.1 Å². The Morgan fingerprint density at radius 2 is 2.12 bits per heavy atom. The maximum atomic E-state index is 10.3. The van der Waals surface area contributed by atoms with Gasteiger partial charge in [0.25, 0.3) is 0 Å². The highest BCUT2D eigenvalue weighted by Crippen LogP contribution is 2.28. The molecule has 0 atom stereocenters. The first-order valence-corrected chi connectivity index (χ1v) is 4.85. The molecule has 0 saturated heterocycles. The van der Waals surface area contributed by atoms with Crippen molar-refractivity contribution in [3.63, 3.8) is 0 Å². The van der Waals surface area contributed by atoms with Gasteiger partial charge in [-0.2, -0.15) is 9.98 Å². The Bertz CT molecular complexity index is 561. The maximum Gasteiger partial charge on any atom is 0.240 e. The molecule has 0 saturated carbocycles. The number of benzene rings is 1. The minimum Gasteiger partial charge on any atom is -0.211 e. The molecule has 0 fully saturated rings. The average molecular weight is 226 g/mol. The predicted molar refractivity (Wildman–Crippen MR) is 66.1 cm³/mol. The summed E-state index contributed by atoms with van der Waals surface area (Å²) in [4.78, 5) is 27.6. The molecule has 1 aromatic carbocycles. The molecule has 1 aromatic rings. The van der Waals surface area contributed by atoms with Crippen LogP contribution in [0.3, 0.4) is 0 Å². The van der Waals surface area contributed by atoms with E-state index in [1.54, 1.807) is 30.4 Å². The number of aliphatic imine (C=N–C) groups is 2. The van der Waals surface area contributed by atoms with E-state index in [2.05, 4.69) is 16.6 Å². The van der Waals surface area contributed by atoms with Gasteiger partial charge in [0.1, 0.15) is 0 Å². The highest BCUT2D eigenvalue weighted by molar-refractivity contribution is 5.80. The van der Waals surface area contributed by atoms with Crippen molar-refractivity contribution in [2.45, 2.75) is 6.92 Å². The molecule has 0 N–H and O–H groups in total. The fourth-order valence-electron chi connectivity index (χ4n) is 1.41. The molecule has 0 bridgehead atoms. The number of hydrogen-bond donors (Lipinski definition) is 0. The van der Waals surface area contributed by atoms with Gasteiger partial charge in [0.05, 0.1) is 11.4 Å². The lowest BCUT2D eigenvalue weighted by atomic mass is 10.0. The Morgan fingerprint density at radius 1 is 1.35 bits per heavy atom. The summed E-state index contributed by atoms with van der Waals surface area (Å²) in [6, 6.07) is 5.11. The fourth-order valence-corrected chi connectivity index (χ4v) is 1.41. The first-order chi connectivity index (χ1) is 8.24. The molecule has 0 spiro atoms. The van der Waals surface area contributed by atoms with E-state index < -0.39 is 0 Å². The summed E-state index contributed by atoms with van der Waals surface area (Å²) in [5.41, 5.74) is 2.03. The Balaban J connectivity index is 3.49. The summed E-state index contributed by atoms with van der Waals surface area (Å²) >= 11 is 0. The molecule has 17 heavy (non-hydrogen) atoms. The minimum atomic E-state index is 0.274. The van der Waals surface area contributed by atoms with Crippen LogP contribution >= 0.6 is 0 Å². The van der Waals surface area contributed by atoms with E-state index in [4.69, 9.17) is 0 Å². The minimum absolute atomic E-state index is 0.274. The van der Waals surface area contributed by atoms with Gasteiger partial charge in [-0.25, -0.2) is 9.59 Å². The van der Waals surface area contributed by atoms with Gasteiger partial charge in [-0.1, -0.05) is 30.9 Å². The third-order valence-corrected chi connectivity index (χ3v) is 2.07. The summed E-state index contributed by atoms with van der Waals surface area (Å²) in [6.07, 6.45) is 6.47. The molecule has 0 aliphatic rings. The lowest BCUT2D eigenvalue weighted by Crippen LogP contribution is -1.86. The second-order valence-electron chi connectivity index (χ2n) is 3.09. The van der Waals surface area contributed by atoms with E-state index in [-0.39, 0.29) is 5.70 Å². The van der Waals surface area contributed by atoms with Crippen LogP contribution in [0.2, 0.25) is 0 Å². The molecule has 0 aliphatic carbocycles. The van der Waals surface area contributed by atoms with E-state index in [1.807, 2.05) is 6.92 Å². The predicted octanol–water partition coefficient (Wildman–Crippen LogP) is 2.99. The number of isocyanates is 2. The monoisotopic (exact) mass is 226 g/mol. The normalized spacial score (nSPS) is 9.47. The summed E-state index contributed by atoms with van der Waals surface area (Å²) in [5, 5.41) is 0. The third-order valence-electron chi connectivity index (χ3n) is 2.07. The lowest BCUT2D eigenvalue weighted by molar-refractivity contribution is 0.564. The highest BCUT2D eigenvalue weighted by atomic mass is 16.1. The Morgan fingerprint density at radius 3 is 2.71 bits per heavy atom. The second kappa shape index (κ2) is 6.13. The van der Waals surface area contributed by atoms with Gasteiger partial charge >= 0.3 is 0 Å². The van der Waals surface area contributed by atoms with Crippen molar-refractivity contribution in [1.29, 1.82) is 0 Å². The van der Waals surface area contributed by atoms with Crippen LogP contribution in [0, 0.1) is 0 Å². The first kappa shape index (κ1) is 12.5. The summed E-state index contributed by atoms with van der Waals surface area (Å²) in [6.45, 7) is 5.49. The molecule has 1 rings (SSSR count). The van der Waals surface area contributed by atoms with Crippen LogP contribution in [-0.2, 0) is 9.59 Å². The molecule has 0 unspecified atom stereocenters. The van der Waals surface area contributed by atoms with E-state index in [9.17, 15) is 9.59 Å². The van der Waals surface area contributed by atoms with Crippen LogP contribution in [0.15, 0.2) is 40.8 Å².